The number of guanidine groups is 2. The summed E-state index contributed by atoms with van der Waals surface area (Å²) in [6.07, 6.45) is 1.02. The number of thiazole rings is 1. The standard InChI is InChI=1S/C13H18N8O2S2/c1-16-12(21-25(2,22)23)17-6-8-4-3-5-9(18-8)10-7-24-13(19-10)20-11(14)15/h3-5,7H,6H2,1-2H3,(H2,16,17,21)(H4,14,15,19,20). The molecule has 0 amide bonds. The van der Waals surface area contributed by atoms with Crippen molar-refractivity contribution in [2.45, 2.75) is 6.54 Å². The zero-order valence-corrected chi connectivity index (χ0v) is 15.2. The fraction of sp³-hybridized carbons (Fsp3) is 0.231. The van der Waals surface area contributed by atoms with Crippen molar-refractivity contribution in [2.75, 3.05) is 13.3 Å². The summed E-state index contributed by atoms with van der Waals surface area (Å²) >= 11 is 1.30. The molecule has 10 nitrogen and oxygen atoms in total. The van der Waals surface area contributed by atoms with Crippen LogP contribution < -0.4 is 22.1 Å². The molecule has 0 atom stereocenters. The summed E-state index contributed by atoms with van der Waals surface area (Å²) in [6.45, 7) is 0.286. The van der Waals surface area contributed by atoms with Gasteiger partial charge in [0.05, 0.1) is 24.2 Å². The first-order chi connectivity index (χ1) is 11.8. The van der Waals surface area contributed by atoms with Crippen LogP contribution in [-0.4, -0.2) is 43.6 Å². The van der Waals surface area contributed by atoms with Gasteiger partial charge in [-0.05, 0) is 12.1 Å². The van der Waals surface area contributed by atoms with E-state index < -0.39 is 10.0 Å². The van der Waals surface area contributed by atoms with Crippen LogP contribution in [0.1, 0.15) is 5.69 Å². The van der Waals surface area contributed by atoms with E-state index >= 15 is 0 Å². The van der Waals surface area contributed by atoms with Crippen LogP contribution in [0.2, 0.25) is 0 Å². The molecule has 0 aliphatic heterocycles. The fourth-order valence-electron chi connectivity index (χ4n) is 1.77. The van der Waals surface area contributed by atoms with E-state index in [1.807, 2.05) is 6.07 Å². The molecule has 2 aromatic rings. The van der Waals surface area contributed by atoms with Crippen LogP contribution in [-0.2, 0) is 16.6 Å². The van der Waals surface area contributed by atoms with Gasteiger partial charge in [0.2, 0.25) is 11.1 Å². The van der Waals surface area contributed by atoms with Gasteiger partial charge in [-0.3, -0.25) is 0 Å². The molecule has 2 rings (SSSR count). The minimum Gasteiger partial charge on any atom is -0.370 e. The molecule has 25 heavy (non-hydrogen) atoms. The van der Waals surface area contributed by atoms with Crippen LogP contribution in [0.4, 0.5) is 5.13 Å². The van der Waals surface area contributed by atoms with E-state index in [-0.39, 0.29) is 18.5 Å². The highest BCUT2D eigenvalue weighted by Crippen LogP contribution is 2.25. The van der Waals surface area contributed by atoms with E-state index in [1.165, 1.54) is 11.3 Å². The van der Waals surface area contributed by atoms with Crippen molar-refractivity contribution in [1.82, 2.24) is 20.6 Å². The number of nitrogens with one attached hydrogen (secondary N) is 2. The van der Waals surface area contributed by atoms with Crippen LogP contribution >= 0.6 is 11.3 Å². The van der Waals surface area contributed by atoms with E-state index in [1.54, 1.807) is 24.6 Å². The quantitative estimate of drug-likeness (QED) is 0.406. The lowest BCUT2D eigenvalue weighted by Crippen LogP contribution is -2.35. The molecule has 0 bridgehead atoms. The van der Waals surface area contributed by atoms with Crippen molar-refractivity contribution < 1.29 is 8.42 Å². The summed E-state index contributed by atoms with van der Waals surface area (Å²) in [5.41, 5.74) is 12.6. The number of nitrogens with two attached hydrogens (primary N) is 2. The Morgan fingerprint density at radius 1 is 1.28 bits per heavy atom. The lowest BCUT2D eigenvalue weighted by atomic mass is 10.2. The van der Waals surface area contributed by atoms with E-state index in [9.17, 15) is 8.42 Å². The number of aromatic nitrogens is 2. The van der Waals surface area contributed by atoms with Crippen LogP contribution in [0.15, 0.2) is 33.0 Å². The Hall–Kier alpha value is -2.73. The normalized spacial score (nSPS) is 11.8. The molecule has 0 aromatic carbocycles. The minimum atomic E-state index is -3.50. The summed E-state index contributed by atoms with van der Waals surface area (Å²) in [5.74, 6) is 0.0787. The molecule has 0 unspecified atom stereocenters. The molecular weight excluding hydrogens is 364 g/mol. The second-order valence-electron chi connectivity index (χ2n) is 4.84. The lowest BCUT2D eigenvalue weighted by molar-refractivity contribution is 0.603. The Morgan fingerprint density at radius 3 is 2.68 bits per heavy atom. The van der Waals surface area contributed by atoms with E-state index in [4.69, 9.17) is 11.5 Å². The molecule has 0 saturated carbocycles. The number of sulfonamides is 1. The molecule has 6 N–H and O–H groups in total. The van der Waals surface area contributed by atoms with Crippen LogP contribution in [0.25, 0.3) is 11.4 Å². The first-order valence-corrected chi connectivity index (χ1v) is 9.72. The number of nitrogens with zero attached hydrogens (tertiary/aromatic N) is 4. The topological polar surface area (TPSA) is 161 Å². The number of hydrogen-bond acceptors (Lipinski definition) is 6. The Kier molecular flexibility index (Phi) is 5.88. The largest absolute Gasteiger partial charge is 0.370 e. The molecule has 0 radical (unpaired) electrons. The third kappa shape index (κ3) is 6.00. The molecule has 134 valence electrons. The maximum atomic E-state index is 11.2. The molecule has 12 heteroatoms. The molecule has 2 heterocycles. The second kappa shape index (κ2) is 7.90. The van der Waals surface area contributed by atoms with Crippen molar-refractivity contribution in [3.8, 4) is 11.4 Å². The number of rotatable bonds is 5. The van der Waals surface area contributed by atoms with Crippen molar-refractivity contribution in [3.05, 3.63) is 29.3 Å². The smallest absolute Gasteiger partial charge is 0.253 e. The van der Waals surface area contributed by atoms with Gasteiger partial charge in [-0.1, -0.05) is 6.07 Å². The maximum Gasteiger partial charge on any atom is 0.253 e. The highest BCUT2D eigenvalue weighted by Gasteiger charge is 2.08. The predicted molar refractivity (Wildman–Crippen MR) is 99.0 cm³/mol. The first kappa shape index (κ1) is 18.6. The van der Waals surface area contributed by atoms with Gasteiger partial charge in [0.15, 0.2) is 5.96 Å². The van der Waals surface area contributed by atoms with E-state index in [0.29, 0.717) is 22.2 Å². The molecule has 2 aromatic heterocycles. The zero-order chi connectivity index (χ0) is 18.4. The SMILES string of the molecule is CN/C(=N/S(C)(=O)=O)NCc1cccc(-c2csc(N=C(N)N)n2)n1. The molecule has 0 saturated heterocycles. The zero-order valence-electron chi connectivity index (χ0n) is 13.6. The molecule has 0 aliphatic carbocycles. The van der Waals surface area contributed by atoms with Gasteiger partial charge in [0.1, 0.15) is 5.69 Å². The van der Waals surface area contributed by atoms with Gasteiger partial charge in [0.25, 0.3) is 10.0 Å². The van der Waals surface area contributed by atoms with Crippen LogP contribution in [0.5, 0.6) is 0 Å². The van der Waals surface area contributed by atoms with E-state index in [2.05, 4.69) is 30.0 Å². The van der Waals surface area contributed by atoms with Gasteiger partial charge >= 0.3 is 0 Å². The van der Waals surface area contributed by atoms with Crippen LogP contribution in [0, 0.1) is 0 Å². The Bertz CT molecular complexity index is 900. The molecular formula is C13H18N8O2S2. The number of aliphatic imine (C=N–C) groups is 1. The monoisotopic (exact) mass is 382 g/mol. The number of pyridine rings is 1. The molecule has 0 fully saturated rings. The fourth-order valence-corrected chi connectivity index (χ4v) is 2.96. The summed E-state index contributed by atoms with van der Waals surface area (Å²) in [4.78, 5) is 12.7. The van der Waals surface area contributed by atoms with Gasteiger partial charge in [-0.2, -0.15) is 4.99 Å². The first-order valence-electron chi connectivity index (χ1n) is 7.00. The van der Waals surface area contributed by atoms with Gasteiger partial charge in [0, 0.05) is 12.4 Å². The average molecular weight is 382 g/mol. The predicted octanol–water partition coefficient (Wildman–Crippen LogP) is -0.265. The third-order valence-electron chi connectivity index (χ3n) is 2.72. The lowest BCUT2D eigenvalue weighted by Gasteiger charge is -2.08. The molecule has 0 aliphatic rings. The van der Waals surface area contributed by atoms with E-state index in [0.717, 1.165) is 6.26 Å². The third-order valence-corrected chi connectivity index (χ3v) is 3.97. The Morgan fingerprint density at radius 2 is 2.04 bits per heavy atom. The summed E-state index contributed by atoms with van der Waals surface area (Å²) in [5, 5.41) is 7.80. The highest BCUT2D eigenvalue weighted by atomic mass is 32.2. The summed E-state index contributed by atoms with van der Waals surface area (Å²) in [6, 6.07) is 5.43. The summed E-state index contributed by atoms with van der Waals surface area (Å²) in [7, 11) is -1.93. The molecule has 0 spiro atoms. The highest BCUT2D eigenvalue weighted by molar-refractivity contribution is 7.89. The maximum absolute atomic E-state index is 11.2. The van der Waals surface area contributed by atoms with Crippen molar-refractivity contribution in [1.29, 1.82) is 0 Å². The van der Waals surface area contributed by atoms with Crippen molar-refractivity contribution >= 4 is 38.4 Å². The Labute approximate surface area is 149 Å². The van der Waals surface area contributed by atoms with Crippen molar-refractivity contribution in [2.24, 2.45) is 20.9 Å². The van der Waals surface area contributed by atoms with Crippen molar-refractivity contribution in [3.63, 3.8) is 0 Å². The van der Waals surface area contributed by atoms with Gasteiger partial charge < -0.3 is 22.1 Å². The Balaban J connectivity index is 2.15. The average Bonchev–Trinajstić information content (AvgIpc) is 2.98. The second-order valence-corrected chi connectivity index (χ2v) is 7.33. The van der Waals surface area contributed by atoms with Gasteiger partial charge in [-0.15, -0.1) is 15.7 Å². The van der Waals surface area contributed by atoms with Gasteiger partial charge in [-0.25, -0.2) is 18.4 Å². The van der Waals surface area contributed by atoms with Crippen LogP contribution in [0.3, 0.4) is 0 Å². The minimum absolute atomic E-state index is 0.0587. The summed E-state index contributed by atoms with van der Waals surface area (Å²) < 4.78 is 26.0. The number of hydrogen-bond donors (Lipinski definition) is 4.